The molecule has 0 saturated heterocycles. The summed E-state index contributed by atoms with van der Waals surface area (Å²) in [5.74, 6) is 0.512. The summed E-state index contributed by atoms with van der Waals surface area (Å²) in [6, 6.07) is 0. The highest BCUT2D eigenvalue weighted by molar-refractivity contribution is 5.75. The van der Waals surface area contributed by atoms with Crippen molar-refractivity contribution >= 4 is 5.78 Å². The molecule has 0 fully saturated rings. The van der Waals surface area contributed by atoms with Crippen molar-refractivity contribution < 1.29 is 9.90 Å². The first-order valence-electron chi connectivity index (χ1n) is 4.33. The lowest BCUT2D eigenvalue weighted by Crippen LogP contribution is -2.06. The lowest BCUT2D eigenvalue weighted by atomic mass is 9.92. The number of aliphatic hydroxyl groups is 1. The summed E-state index contributed by atoms with van der Waals surface area (Å²) in [6.45, 7) is 7.54. The highest BCUT2D eigenvalue weighted by Crippen LogP contribution is 2.18. The molecule has 0 bridgehead atoms. The zero-order chi connectivity index (χ0) is 9.56. The molecule has 0 radical (unpaired) electrons. The molecule has 1 atom stereocenters. The van der Waals surface area contributed by atoms with Gasteiger partial charge in [-0.05, 0) is 32.6 Å². The van der Waals surface area contributed by atoms with Crippen LogP contribution in [-0.2, 0) is 4.79 Å². The van der Waals surface area contributed by atoms with Gasteiger partial charge >= 0.3 is 0 Å². The minimum Gasteiger partial charge on any atom is -0.396 e. The Kier molecular flexibility index (Phi) is 5.64. The lowest BCUT2D eigenvalue weighted by Gasteiger charge is -2.14. The normalized spacial score (nSPS) is 12.6. The van der Waals surface area contributed by atoms with E-state index in [2.05, 4.69) is 6.58 Å². The van der Waals surface area contributed by atoms with Crippen molar-refractivity contribution in [3.05, 3.63) is 12.2 Å². The van der Waals surface area contributed by atoms with Crippen LogP contribution in [0, 0.1) is 5.92 Å². The third-order valence-electron chi connectivity index (χ3n) is 2.02. The highest BCUT2D eigenvalue weighted by Gasteiger charge is 2.09. The Bertz CT molecular complexity index is 161. The van der Waals surface area contributed by atoms with Crippen LogP contribution in [-0.4, -0.2) is 17.5 Å². The minimum absolute atomic E-state index is 0.176. The molecule has 70 valence electrons. The summed E-state index contributed by atoms with van der Waals surface area (Å²) < 4.78 is 0. The van der Waals surface area contributed by atoms with E-state index in [1.54, 1.807) is 6.92 Å². The van der Waals surface area contributed by atoms with E-state index < -0.39 is 0 Å². The molecule has 12 heavy (non-hydrogen) atoms. The molecule has 0 amide bonds. The summed E-state index contributed by atoms with van der Waals surface area (Å²) in [7, 11) is 0. The van der Waals surface area contributed by atoms with Crippen LogP contribution in [0.15, 0.2) is 12.2 Å². The first-order valence-corrected chi connectivity index (χ1v) is 4.33. The average Bonchev–Trinajstić information content (AvgIpc) is 1.96. The summed E-state index contributed by atoms with van der Waals surface area (Å²) in [5.41, 5.74) is 1.06. The molecule has 0 saturated carbocycles. The van der Waals surface area contributed by atoms with Crippen LogP contribution in [0.4, 0.5) is 0 Å². The molecule has 2 heteroatoms. The molecule has 2 nitrogen and oxygen atoms in total. The van der Waals surface area contributed by atoms with Crippen molar-refractivity contribution in [1.29, 1.82) is 0 Å². The van der Waals surface area contributed by atoms with Gasteiger partial charge in [0.05, 0.1) is 0 Å². The second-order valence-corrected chi connectivity index (χ2v) is 3.30. The molecule has 0 aliphatic carbocycles. The fourth-order valence-corrected chi connectivity index (χ4v) is 1.17. The number of hydrogen-bond donors (Lipinski definition) is 1. The summed E-state index contributed by atoms with van der Waals surface area (Å²) in [6.07, 6.45) is 2.14. The second kappa shape index (κ2) is 5.95. The van der Waals surface area contributed by atoms with Gasteiger partial charge in [0.1, 0.15) is 5.78 Å². The van der Waals surface area contributed by atoms with Gasteiger partial charge in [0.15, 0.2) is 0 Å². The predicted octanol–water partition coefficient (Wildman–Crippen LogP) is 1.93. The van der Waals surface area contributed by atoms with E-state index >= 15 is 0 Å². The monoisotopic (exact) mass is 170 g/mol. The number of ketones is 1. The Labute approximate surface area is 74.3 Å². The van der Waals surface area contributed by atoms with Crippen molar-refractivity contribution in [3.63, 3.8) is 0 Å². The molecular weight excluding hydrogens is 152 g/mol. The largest absolute Gasteiger partial charge is 0.396 e. The number of rotatable bonds is 6. The Balaban J connectivity index is 3.79. The van der Waals surface area contributed by atoms with Gasteiger partial charge in [0.2, 0.25) is 0 Å². The molecule has 0 unspecified atom stereocenters. The zero-order valence-corrected chi connectivity index (χ0v) is 7.97. The quantitative estimate of drug-likeness (QED) is 0.618. The molecule has 1 N–H and O–H groups in total. The van der Waals surface area contributed by atoms with Crippen LogP contribution in [0.3, 0.4) is 0 Å². The fourth-order valence-electron chi connectivity index (χ4n) is 1.17. The Morgan fingerprint density at radius 3 is 2.33 bits per heavy atom. The van der Waals surface area contributed by atoms with E-state index in [0.717, 1.165) is 18.4 Å². The highest BCUT2D eigenvalue weighted by atomic mass is 16.3. The van der Waals surface area contributed by atoms with Crippen LogP contribution in [0.1, 0.15) is 33.1 Å². The van der Waals surface area contributed by atoms with Crippen molar-refractivity contribution in [2.45, 2.75) is 33.1 Å². The van der Waals surface area contributed by atoms with E-state index in [-0.39, 0.29) is 12.4 Å². The van der Waals surface area contributed by atoms with Crippen LogP contribution in [0.5, 0.6) is 0 Å². The van der Waals surface area contributed by atoms with E-state index in [1.807, 2.05) is 6.92 Å². The number of allylic oxidation sites excluding steroid dienone is 1. The van der Waals surface area contributed by atoms with Crippen LogP contribution < -0.4 is 0 Å². The molecule has 0 heterocycles. The smallest absolute Gasteiger partial charge is 0.129 e. The molecular formula is C10H18O2. The molecule has 0 aromatic carbocycles. The Morgan fingerprint density at radius 2 is 2.00 bits per heavy atom. The number of carbonyl (C=O) groups excluding carboxylic acids is 1. The van der Waals surface area contributed by atoms with E-state index in [9.17, 15) is 4.79 Å². The van der Waals surface area contributed by atoms with Gasteiger partial charge in [-0.1, -0.05) is 12.2 Å². The SMILES string of the molecule is C=C(C)[C@H](CCO)CCC(C)=O. The zero-order valence-electron chi connectivity index (χ0n) is 7.97. The van der Waals surface area contributed by atoms with E-state index in [4.69, 9.17) is 5.11 Å². The second-order valence-electron chi connectivity index (χ2n) is 3.30. The molecule has 0 rings (SSSR count). The van der Waals surface area contributed by atoms with Gasteiger partial charge < -0.3 is 9.90 Å². The third kappa shape index (κ3) is 5.08. The Hall–Kier alpha value is -0.630. The van der Waals surface area contributed by atoms with Gasteiger partial charge in [-0.15, -0.1) is 0 Å². The molecule has 0 aliphatic heterocycles. The lowest BCUT2D eigenvalue weighted by molar-refractivity contribution is -0.117. The van der Waals surface area contributed by atoms with Gasteiger partial charge in [-0.3, -0.25) is 0 Å². The predicted molar refractivity (Wildman–Crippen MR) is 49.9 cm³/mol. The molecule has 0 aliphatic rings. The van der Waals surface area contributed by atoms with E-state index in [0.29, 0.717) is 12.3 Å². The minimum atomic E-state index is 0.176. The fraction of sp³-hybridized carbons (Fsp3) is 0.700. The number of hydrogen-bond acceptors (Lipinski definition) is 2. The summed E-state index contributed by atoms with van der Waals surface area (Å²) in [5, 5.41) is 8.72. The summed E-state index contributed by atoms with van der Waals surface area (Å²) >= 11 is 0. The molecule has 0 aromatic rings. The van der Waals surface area contributed by atoms with Crippen LogP contribution in [0.2, 0.25) is 0 Å². The topological polar surface area (TPSA) is 37.3 Å². The molecule has 0 spiro atoms. The van der Waals surface area contributed by atoms with Crippen LogP contribution >= 0.6 is 0 Å². The molecule has 0 aromatic heterocycles. The van der Waals surface area contributed by atoms with Crippen LogP contribution in [0.25, 0.3) is 0 Å². The maximum atomic E-state index is 10.7. The van der Waals surface area contributed by atoms with Crippen molar-refractivity contribution in [2.24, 2.45) is 5.92 Å². The van der Waals surface area contributed by atoms with Crippen molar-refractivity contribution in [3.8, 4) is 0 Å². The first kappa shape index (κ1) is 11.4. The first-order chi connectivity index (χ1) is 5.57. The number of aliphatic hydroxyl groups excluding tert-OH is 1. The maximum Gasteiger partial charge on any atom is 0.129 e. The standard InChI is InChI=1S/C10H18O2/c1-8(2)10(6-7-11)5-4-9(3)12/h10-11H,1,4-7H2,2-3H3/t10-/m0/s1. The third-order valence-corrected chi connectivity index (χ3v) is 2.02. The van der Waals surface area contributed by atoms with Gasteiger partial charge in [-0.2, -0.15) is 0 Å². The number of Topliss-reactive ketones (excluding diaryl/α,β-unsaturated/α-hetero) is 1. The van der Waals surface area contributed by atoms with Gasteiger partial charge in [0.25, 0.3) is 0 Å². The van der Waals surface area contributed by atoms with E-state index in [1.165, 1.54) is 0 Å². The number of carbonyl (C=O) groups is 1. The van der Waals surface area contributed by atoms with Crippen molar-refractivity contribution in [1.82, 2.24) is 0 Å². The summed E-state index contributed by atoms with van der Waals surface area (Å²) in [4.78, 5) is 10.7. The maximum absolute atomic E-state index is 10.7. The Morgan fingerprint density at radius 1 is 1.42 bits per heavy atom. The van der Waals surface area contributed by atoms with Crippen molar-refractivity contribution in [2.75, 3.05) is 6.61 Å². The van der Waals surface area contributed by atoms with Gasteiger partial charge in [-0.25, -0.2) is 0 Å². The average molecular weight is 170 g/mol. The van der Waals surface area contributed by atoms with Gasteiger partial charge in [0, 0.05) is 13.0 Å².